The summed E-state index contributed by atoms with van der Waals surface area (Å²) in [5.41, 5.74) is 6.49. The number of nitrogens with two attached hydrogens (primary N) is 1. The molecule has 1 aliphatic rings. The first-order chi connectivity index (χ1) is 11.1. The van der Waals surface area contributed by atoms with Gasteiger partial charge in [0.2, 0.25) is 11.8 Å². The molecule has 1 aliphatic carbocycles. The van der Waals surface area contributed by atoms with Gasteiger partial charge in [-0.3, -0.25) is 9.59 Å². The molecule has 3 N–H and O–H groups in total. The van der Waals surface area contributed by atoms with Gasteiger partial charge in [0, 0.05) is 11.6 Å². The molecule has 132 valence electrons. The van der Waals surface area contributed by atoms with Crippen molar-refractivity contribution in [2.24, 2.45) is 11.1 Å². The maximum Gasteiger partial charge on any atom is 0.397 e. The summed E-state index contributed by atoms with van der Waals surface area (Å²) in [6.07, 6.45) is -3.70. The molecule has 0 atom stereocenters. The van der Waals surface area contributed by atoms with Gasteiger partial charge in [0.05, 0.1) is 5.41 Å². The van der Waals surface area contributed by atoms with Crippen molar-refractivity contribution in [2.75, 3.05) is 6.54 Å². The zero-order valence-electron chi connectivity index (χ0n) is 12.9. The molecule has 8 heteroatoms. The molecule has 2 rings (SSSR count). The Kier molecular flexibility index (Phi) is 5.42. The predicted molar refractivity (Wildman–Crippen MR) is 83.4 cm³/mol. The highest BCUT2D eigenvalue weighted by Gasteiger charge is 2.48. The van der Waals surface area contributed by atoms with Crippen LogP contribution in [-0.2, 0) is 22.4 Å². The SMILES string of the molecule is NC(=O)C1(Cc2cc(CCNC(=O)CC(F)(F)F)ccc2Cl)CC1. The molecule has 0 radical (unpaired) electrons. The number of carbonyl (C=O) groups excluding carboxylic acids is 2. The Morgan fingerprint density at radius 2 is 1.96 bits per heavy atom. The lowest BCUT2D eigenvalue weighted by Crippen LogP contribution is -2.30. The Labute approximate surface area is 142 Å². The van der Waals surface area contributed by atoms with Crippen molar-refractivity contribution >= 4 is 23.4 Å². The third-order valence-corrected chi connectivity index (χ3v) is 4.48. The average Bonchev–Trinajstić information content (AvgIpc) is 3.21. The summed E-state index contributed by atoms with van der Waals surface area (Å²) in [6, 6.07) is 5.23. The van der Waals surface area contributed by atoms with Gasteiger partial charge in [-0.1, -0.05) is 23.7 Å². The number of hydrogen-bond donors (Lipinski definition) is 2. The summed E-state index contributed by atoms with van der Waals surface area (Å²) in [7, 11) is 0. The first kappa shape index (κ1) is 18.6. The van der Waals surface area contributed by atoms with Gasteiger partial charge in [-0.25, -0.2) is 0 Å². The van der Waals surface area contributed by atoms with E-state index in [-0.39, 0.29) is 12.5 Å². The van der Waals surface area contributed by atoms with Crippen LogP contribution in [0.2, 0.25) is 5.02 Å². The fourth-order valence-electron chi connectivity index (χ4n) is 2.54. The molecule has 1 aromatic rings. The summed E-state index contributed by atoms with van der Waals surface area (Å²) in [5.74, 6) is -1.40. The molecule has 0 saturated heterocycles. The van der Waals surface area contributed by atoms with Crippen LogP contribution in [0.5, 0.6) is 0 Å². The maximum atomic E-state index is 12.1. The normalized spacial score (nSPS) is 15.8. The molecule has 0 aliphatic heterocycles. The average molecular weight is 363 g/mol. The molecule has 0 aromatic heterocycles. The van der Waals surface area contributed by atoms with Crippen LogP contribution in [0.25, 0.3) is 0 Å². The molecule has 0 unspecified atom stereocenters. The van der Waals surface area contributed by atoms with Crippen molar-refractivity contribution in [1.29, 1.82) is 0 Å². The van der Waals surface area contributed by atoms with Crippen molar-refractivity contribution in [1.82, 2.24) is 5.32 Å². The smallest absolute Gasteiger partial charge is 0.369 e. The molecule has 0 heterocycles. The van der Waals surface area contributed by atoms with Gasteiger partial charge in [0.25, 0.3) is 0 Å². The second-order valence-corrected chi connectivity index (χ2v) is 6.55. The lowest BCUT2D eigenvalue weighted by Gasteiger charge is -2.14. The largest absolute Gasteiger partial charge is 0.397 e. The Hall–Kier alpha value is -1.76. The number of amides is 2. The van der Waals surface area contributed by atoms with E-state index in [1.165, 1.54) is 0 Å². The van der Waals surface area contributed by atoms with E-state index in [1.807, 2.05) is 0 Å². The Bertz CT molecular complexity index is 643. The molecule has 4 nitrogen and oxygen atoms in total. The minimum atomic E-state index is -4.51. The Morgan fingerprint density at radius 1 is 1.29 bits per heavy atom. The van der Waals surface area contributed by atoms with Crippen molar-refractivity contribution in [3.63, 3.8) is 0 Å². The van der Waals surface area contributed by atoms with Gasteiger partial charge in [0.15, 0.2) is 0 Å². The number of hydrogen-bond acceptors (Lipinski definition) is 2. The van der Waals surface area contributed by atoms with Gasteiger partial charge in [-0.05, 0) is 42.9 Å². The van der Waals surface area contributed by atoms with E-state index in [2.05, 4.69) is 5.32 Å². The lowest BCUT2D eigenvalue weighted by molar-refractivity contribution is -0.153. The van der Waals surface area contributed by atoms with E-state index in [0.29, 0.717) is 17.9 Å². The van der Waals surface area contributed by atoms with Gasteiger partial charge >= 0.3 is 6.18 Å². The Balaban J connectivity index is 1.92. The second-order valence-electron chi connectivity index (χ2n) is 6.14. The molecule has 0 bridgehead atoms. The van der Waals surface area contributed by atoms with Gasteiger partial charge in [-0.2, -0.15) is 13.2 Å². The van der Waals surface area contributed by atoms with Gasteiger partial charge in [0.1, 0.15) is 6.42 Å². The minimum Gasteiger partial charge on any atom is -0.369 e. The zero-order valence-corrected chi connectivity index (χ0v) is 13.6. The number of primary amides is 1. The zero-order chi connectivity index (χ0) is 18.0. The predicted octanol–water partition coefficient (Wildman–Crippen LogP) is 2.76. The van der Waals surface area contributed by atoms with E-state index in [4.69, 9.17) is 17.3 Å². The number of halogens is 4. The monoisotopic (exact) mass is 362 g/mol. The van der Waals surface area contributed by atoms with Crippen LogP contribution in [0, 0.1) is 5.41 Å². The van der Waals surface area contributed by atoms with Crippen LogP contribution in [0.15, 0.2) is 18.2 Å². The van der Waals surface area contributed by atoms with E-state index in [9.17, 15) is 22.8 Å². The highest BCUT2D eigenvalue weighted by Crippen LogP contribution is 2.48. The quantitative estimate of drug-likeness (QED) is 0.782. The van der Waals surface area contributed by atoms with Crippen molar-refractivity contribution < 1.29 is 22.8 Å². The third-order valence-electron chi connectivity index (χ3n) is 4.11. The summed E-state index contributed by atoms with van der Waals surface area (Å²) in [4.78, 5) is 22.6. The van der Waals surface area contributed by atoms with Crippen LogP contribution >= 0.6 is 11.6 Å². The van der Waals surface area contributed by atoms with E-state index in [1.54, 1.807) is 18.2 Å². The number of nitrogens with one attached hydrogen (secondary N) is 1. The number of benzene rings is 1. The summed E-state index contributed by atoms with van der Waals surface area (Å²) >= 11 is 6.14. The number of rotatable bonds is 7. The summed E-state index contributed by atoms with van der Waals surface area (Å²) in [5, 5.41) is 2.76. The molecule has 0 spiro atoms. The van der Waals surface area contributed by atoms with Crippen LogP contribution in [0.3, 0.4) is 0 Å². The number of alkyl halides is 3. The molecular weight excluding hydrogens is 345 g/mol. The fraction of sp³-hybridized carbons (Fsp3) is 0.500. The topological polar surface area (TPSA) is 72.2 Å². The molecule has 2 amide bonds. The van der Waals surface area contributed by atoms with Crippen molar-refractivity contribution in [2.45, 2.75) is 38.3 Å². The van der Waals surface area contributed by atoms with E-state index in [0.717, 1.165) is 24.0 Å². The van der Waals surface area contributed by atoms with E-state index < -0.39 is 23.9 Å². The first-order valence-electron chi connectivity index (χ1n) is 7.52. The van der Waals surface area contributed by atoms with Crippen molar-refractivity contribution in [3.8, 4) is 0 Å². The molecule has 24 heavy (non-hydrogen) atoms. The molecular formula is C16H18ClF3N2O2. The van der Waals surface area contributed by atoms with E-state index >= 15 is 0 Å². The standard InChI is InChI=1S/C16H18ClF3N2O2/c17-12-2-1-10(3-6-22-13(23)9-16(18,19)20)7-11(12)8-15(4-5-15)14(21)24/h1-2,7H,3-6,8-9H2,(H2,21,24)(H,22,23). The van der Waals surface area contributed by atoms with Crippen LogP contribution in [0.1, 0.15) is 30.4 Å². The van der Waals surface area contributed by atoms with Crippen molar-refractivity contribution in [3.05, 3.63) is 34.3 Å². The van der Waals surface area contributed by atoms with Crippen LogP contribution < -0.4 is 11.1 Å². The maximum absolute atomic E-state index is 12.1. The molecule has 1 saturated carbocycles. The van der Waals surface area contributed by atoms with Gasteiger partial charge in [-0.15, -0.1) is 0 Å². The fourth-order valence-corrected chi connectivity index (χ4v) is 2.72. The Morgan fingerprint density at radius 3 is 2.50 bits per heavy atom. The highest BCUT2D eigenvalue weighted by molar-refractivity contribution is 6.31. The highest BCUT2D eigenvalue weighted by atomic mass is 35.5. The molecule has 1 fully saturated rings. The lowest BCUT2D eigenvalue weighted by atomic mass is 9.94. The van der Waals surface area contributed by atoms with Gasteiger partial charge < -0.3 is 11.1 Å². The number of carbonyl (C=O) groups is 2. The second kappa shape index (κ2) is 7.01. The van der Waals surface area contributed by atoms with Crippen LogP contribution in [-0.4, -0.2) is 24.5 Å². The summed E-state index contributed by atoms with van der Waals surface area (Å²) < 4.78 is 36.2. The van der Waals surface area contributed by atoms with Crippen LogP contribution in [0.4, 0.5) is 13.2 Å². The first-order valence-corrected chi connectivity index (χ1v) is 7.90. The molecule has 1 aromatic carbocycles. The third kappa shape index (κ3) is 5.12. The minimum absolute atomic E-state index is 0.0942. The summed E-state index contributed by atoms with van der Waals surface area (Å²) in [6.45, 7) is 0.0942.